The van der Waals surface area contributed by atoms with Gasteiger partial charge in [-0.2, -0.15) is 0 Å². The molecule has 3 N–H and O–H groups in total. The summed E-state index contributed by atoms with van der Waals surface area (Å²) in [7, 11) is 3.18. The molecule has 6 nitrogen and oxygen atoms in total. The summed E-state index contributed by atoms with van der Waals surface area (Å²) in [5.41, 5.74) is 7.70. The van der Waals surface area contributed by atoms with E-state index in [9.17, 15) is 0 Å². The van der Waals surface area contributed by atoms with E-state index < -0.39 is 0 Å². The molecule has 29 heavy (non-hydrogen) atoms. The Kier molecular flexibility index (Phi) is 7.11. The molecule has 0 atom stereocenters. The summed E-state index contributed by atoms with van der Waals surface area (Å²) in [5, 5.41) is 4.36. The maximum atomic E-state index is 6.51. The third-order valence-corrected chi connectivity index (χ3v) is 5.71. The van der Waals surface area contributed by atoms with Gasteiger partial charge in [-0.05, 0) is 42.7 Å². The molecule has 0 aliphatic carbocycles. The van der Waals surface area contributed by atoms with Gasteiger partial charge in [0.2, 0.25) is 0 Å². The van der Waals surface area contributed by atoms with Crippen molar-refractivity contribution in [3.05, 3.63) is 52.0 Å². The Labute approximate surface area is 180 Å². The first-order valence-corrected chi connectivity index (χ1v) is 10.1. The van der Waals surface area contributed by atoms with E-state index in [2.05, 4.69) is 10.3 Å². The number of benzene rings is 2. The number of rotatable bonds is 6. The minimum atomic E-state index is -0.246. The zero-order chi connectivity index (χ0) is 20.9. The summed E-state index contributed by atoms with van der Waals surface area (Å²) in [5.74, 6) is 1.57. The van der Waals surface area contributed by atoms with Gasteiger partial charge in [-0.3, -0.25) is 4.99 Å². The second-order valence-electron chi connectivity index (χ2n) is 6.91. The molecule has 3 rings (SSSR count). The molecule has 8 heteroatoms. The minimum absolute atomic E-state index is 0.246. The molecule has 0 saturated carbocycles. The molecule has 2 aromatic carbocycles. The van der Waals surface area contributed by atoms with Gasteiger partial charge in [0.25, 0.3) is 0 Å². The van der Waals surface area contributed by atoms with Crippen LogP contribution >= 0.6 is 23.2 Å². The molecule has 0 aromatic heterocycles. The number of halogens is 2. The maximum absolute atomic E-state index is 6.51. The van der Waals surface area contributed by atoms with E-state index in [1.807, 2.05) is 30.3 Å². The Morgan fingerprint density at radius 3 is 2.48 bits per heavy atom. The molecular formula is C21H25Cl2N3O3. The highest BCUT2D eigenvalue weighted by Gasteiger charge is 2.36. The molecule has 0 spiro atoms. The van der Waals surface area contributed by atoms with Gasteiger partial charge < -0.3 is 25.3 Å². The number of aliphatic imine (C=N–C) groups is 1. The molecule has 1 heterocycles. The Hall–Kier alpha value is -2.15. The van der Waals surface area contributed by atoms with Gasteiger partial charge in [-0.1, -0.05) is 29.3 Å². The van der Waals surface area contributed by atoms with E-state index >= 15 is 0 Å². The predicted octanol–water partition coefficient (Wildman–Crippen LogP) is 4.49. The van der Waals surface area contributed by atoms with Crippen LogP contribution in [0.15, 0.2) is 41.4 Å². The van der Waals surface area contributed by atoms with Gasteiger partial charge >= 0.3 is 0 Å². The topological polar surface area (TPSA) is 78.1 Å². The summed E-state index contributed by atoms with van der Waals surface area (Å²) < 4.78 is 16.2. The Bertz CT molecular complexity index is 883. The largest absolute Gasteiger partial charge is 0.493 e. The van der Waals surface area contributed by atoms with Crippen molar-refractivity contribution in [2.75, 3.05) is 39.3 Å². The number of hydrogen-bond acceptors (Lipinski definition) is 4. The number of guanidine groups is 1. The van der Waals surface area contributed by atoms with Crippen LogP contribution in [0.1, 0.15) is 18.4 Å². The highest BCUT2D eigenvalue weighted by molar-refractivity contribution is 6.35. The van der Waals surface area contributed by atoms with Crippen LogP contribution in [0.25, 0.3) is 0 Å². The lowest BCUT2D eigenvalue weighted by Gasteiger charge is -2.37. The Morgan fingerprint density at radius 1 is 1.10 bits per heavy atom. The highest BCUT2D eigenvalue weighted by atomic mass is 35.5. The fraction of sp³-hybridized carbons (Fsp3) is 0.381. The summed E-state index contributed by atoms with van der Waals surface area (Å²) in [6.45, 7) is 1.79. The van der Waals surface area contributed by atoms with E-state index in [-0.39, 0.29) is 5.41 Å². The normalized spacial score (nSPS) is 16.3. The lowest BCUT2D eigenvalue weighted by atomic mass is 9.74. The molecule has 2 aromatic rings. The smallest absolute Gasteiger partial charge is 0.193 e. The molecule has 1 aliphatic rings. The molecule has 0 bridgehead atoms. The van der Waals surface area contributed by atoms with Crippen molar-refractivity contribution >= 4 is 34.8 Å². The van der Waals surface area contributed by atoms with E-state index in [1.165, 1.54) is 0 Å². The van der Waals surface area contributed by atoms with Gasteiger partial charge in [0, 0.05) is 40.4 Å². The summed E-state index contributed by atoms with van der Waals surface area (Å²) in [4.78, 5) is 4.62. The molecule has 0 radical (unpaired) electrons. The van der Waals surface area contributed by atoms with Crippen molar-refractivity contribution in [3.8, 4) is 11.5 Å². The van der Waals surface area contributed by atoms with Crippen LogP contribution in [-0.2, 0) is 10.2 Å². The van der Waals surface area contributed by atoms with Gasteiger partial charge in [0.15, 0.2) is 17.5 Å². The molecule has 1 aliphatic heterocycles. The second-order valence-corrected chi connectivity index (χ2v) is 7.76. The fourth-order valence-electron chi connectivity index (χ4n) is 3.53. The van der Waals surface area contributed by atoms with Crippen LogP contribution in [0.5, 0.6) is 11.5 Å². The van der Waals surface area contributed by atoms with Crippen molar-refractivity contribution in [3.63, 3.8) is 0 Å². The number of anilines is 1. The Morgan fingerprint density at radius 2 is 1.83 bits per heavy atom. The van der Waals surface area contributed by atoms with Crippen molar-refractivity contribution in [2.45, 2.75) is 18.3 Å². The monoisotopic (exact) mass is 437 g/mol. The maximum Gasteiger partial charge on any atom is 0.193 e. The van der Waals surface area contributed by atoms with E-state index in [1.54, 1.807) is 20.3 Å². The van der Waals surface area contributed by atoms with Crippen molar-refractivity contribution in [1.29, 1.82) is 0 Å². The molecule has 1 saturated heterocycles. The SMILES string of the molecule is COc1ccc(NC(N)=NCC2(c3ccc(Cl)cc3Cl)CCOCC2)cc1OC. The van der Waals surface area contributed by atoms with Crippen LogP contribution in [0, 0.1) is 0 Å². The summed E-state index contributed by atoms with van der Waals surface area (Å²) >= 11 is 12.6. The number of ether oxygens (including phenoxy) is 3. The van der Waals surface area contributed by atoms with Gasteiger partial charge in [0.05, 0.1) is 20.8 Å². The van der Waals surface area contributed by atoms with Crippen LogP contribution in [0.4, 0.5) is 5.69 Å². The lowest BCUT2D eigenvalue weighted by Crippen LogP contribution is -2.38. The lowest BCUT2D eigenvalue weighted by molar-refractivity contribution is 0.0532. The minimum Gasteiger partial charge on any atom is -0.493 e. The van der Waals surface area contributed by atoms with E-state index in [0.29, 0.717) is 47.3 Å². The van der Waals surface area contributed by atoms with Crippen LogP contribution in [0.3, 0.4) is 0 Å². The van der Waals surface area contributed by atoms with Crippen LogP contribution < -0.4 is 20.5 Å². The zero-order valence-electron chi connectivity index (χ0n) is 16.5. The first-order chi connectivity index (χ1) is 14.0. The van der Waals surface area contributed by atoms with Gasteiger partial charge in [-0.15, -0.1) is 0 Å². The number of hydrogen-bond donors (Lipinski definition) is 2. The fourth-order valence-corrected chi connectivity index (χ4v) is 4.14. The van der Waals surface area contributed by atoms with Crippen molar-refractivity contribution < 1.29 is 14.2 Å². The number of nitrogens with one attached hydrogen (secondary N) is 1. The molecular weight excluding hydrogens is 413 g/mol. The van der Waals surface area contributed by atoms with Crippen LogP contribution in [0.2, 0.25) is 10.0 Å². The van der Waals surface area contributed by atoms with Crippen molar-refractivity contribution in [2.24, 2.45) is 10.7 Å². The second kappa shape index (κ2) is 9.57. The van der Waals surface area contributed by atoms with Crippen molar-refractivity contribution in [1.82, 2.24) is 0 Å². The summed E-state index contributed by atoms with van der Waals surface area (Å²) in [6, 6.07) is 11.1. The Balaban J connectivity index is 1.80. The standard InChI is InChI=1S/C21H25Cl2N3O3/c1-27-18-6-4-15(12-19(18)28-2)26-20(24)25-13-21(7-9-29-10-8-21)16-5-3-14(22)11-17(16)23/h3-6,11-12H,7-10,13H2,1-2H3,(H3,24,25,26). The van der Waals surface area contributed by atoms with Gasteiger partial charge in [0.1, 0.15) is 0 Å². The summed E-state index contributed by atoms with van der Waals surface area (Å²) in [6.07, 6.45) is 1.61. The average molecular weight is 438 g/mol. The first kappa shape index (κ1) is 21.6. The predicted molar refractivity (Wildman–Crippen MR) is 118 cm³/mol. The third kappa shape index (κ3) is 5.07. The van der Waals surface area contributed by atoms with Gasteiger partial charge in [-0.25, -0.2) is 0 Å². The number of methoxy groups -OCH3 is 2. The zero-order valence-corrected chi connectivity index (χ0v) is 18.0. The molecule has 0 amide bonds. The number of nitrogens with two attached hydrogens (primary N) is 1. The first-order valence-electron chi connectivity index (χ1n) is 9.30. The quantitative estimate of drug-likeness (QED) is 0.514. The van der Waals surface area contributed by atoms with E-state index in [0.717, 1.165) is 24.1 Å². The average Bonchev–Trinajstić information content (AvgIpc) is 2.73. The highest BCUT2D eigenvalue weighted by Crippen LogP contribution is 2.40. The molecule has 1 fully saturated rings. The number of nitrogens with zero attached hydrogens (tertiary/aromatic N) is 1. The molecule has 156 valence electrons. The van der Waals surface area contributed by atoms with Crippen LogP contribution in [-0.4, -0.2) is 39.9 Å². The molecule has 0 unspecified atom stereocenters. The third-order valence-electron chi connectivity index (χ3n) is 5.16. The van der Waals surface area contributed by atoms with E-state index in [4.69, 9.17) is 43.1 Å².